The molecule has 0 aromatic heterocycles. The van der Waals surface area contributed by atoms with E-state index in [9.17, 15) is 9.59 Å². The van der Waals surface area contributed by atoms with E-state index in [1.54, 1.807) is 24.3 Å². The molecule has 1 aromatic rings. The molecule has 1 aromatic carbocycles. The van der Waals surface area contributed by atoms with Gasteiger partial charge < -0.3 is 14.6 Å². The second kappa shape index (κ2) is 10.2. The van der Waals surface area contributed by atoms with E-state index in [0.29, 0.717) is 13.2 Å². The highest BCUT2D eigenvalue weighted by atomic mass is 16.5. The van der Waals surface area contributed by atoms with Crippen molar-refractivity contribution in [2.75, 3.05) is 13.2 Å². The molecule has 0 saturated heterocycles. The monoisotopic (exact) mass is 304 g/mol. The van der Waals surface area contributed by atoms with E-state index < -0.39 is 11.9 Å². The first kappa shape index (κ1) is 17.5. The van der Waals surface area contributed by atoms with E-state index in [2.05, 4.69) is 6.58 Å². The maximum absolute atomic E-state index is 10.8. The van der Waals surface area contributed by atoms with Crippen LogP contribution in [0.1, 0.15) is 24.8 Å². The van der Waals surface area contributed by atoms with E-state index in [0.717, 1.165) is 42.7 Å². The summed E-state index contributed by atoms with van der Waals surface area (Å²) in [5.74, 6) is -0.627. The molecule has 0 bridgehead atoms. The molecule has 0 spiro atoms. The molecule has 0 aliphatic carbocycles. The Morgan fingerprint density at radius 1 is 1.09 bits per heavy atom. The third-order valence-electron chi connectivity index (χ3n) is 2.77. The van der Waals surface area contributed by atoms with Crippen LogP contribution in [0.4, 0.5) is 0 Å². The summed E-state index contributed by atoms with van der Waals surface area (Å²) in [6.45, 7) is 4.30. The number of esters is 1. The number of carbonyl (C=O) groups excluding carboxylic acids is 1. The number of aliphatic carboxylic acids is 1. The quantitative estimate of drug-likeness (QED) is 0.408. The van der Waals surface area contributed by atoms with Crippen LogP contribution < -0.4 is 4.74 Å². The third-order valence-corrected chi connectivity index (χ3v) is 2.77. The number of benzene rings is 1. The summed E-state index contributed by atoms with van der Waals surface area (Å²) in [6.07, 6.45) is 6.34. The number of rotatable bonds is 10. The highest BCUT2D eigenvalue weighted by Gasteiger charge is 1.97. The Morgan fingerprint density at radius 2 is 1.77 bits per heavy atom. The zero-order chi connectivity index (χ0) is 16.2. The van der Waals surface area contributed by atoms with Crippen LogP contribution in [0.3, 0.4) is 0 Å². The number of hydrogen-bond acceptors (Lipinski definition) is 4. The Bertz CT molecular complexity index is 516. The lowest BCUT2D eigenvalue weighted by atomic mass is 10.2. The second-order valence-electron chi connectivity index (χ2n) is 4.52. The van der Waals surface area contributed by atoms with Crippen LogP contribution in [0.2, 0.25) is 0 Å². The van der Waals surface area contributed by atoms with Crippen LogP contribution in [-0.2, 0) is 14.3 Å². The van der Waals surface area contributed by atoms with Gasteiger partial charge in [-0.05, 0) is 43.0 Å². The molecule has 0 unspecified atom stereocenters. The number of ether oxygens (including phenoxy) is 2. The van der Waals surface area contributed by atoms with Crippen LogP contribution in [0.5, 0.6) is 5.75 Å². The predicted octanol–water partition coefficient (Wildman–Crippen LogP) is 3.06. The van der Waals surface area contributed by atoms with Crippen molar-refractivity contribution in [3.8, 4) is 5.75 Å². The van der Waals surface area contributed by atoms with Gasteiger partial charge >= 0.3 is 11.9 Å². The fourth-order valence-corrected chi connectivity index (χ4v) is 1.65. The van der Waals surface area contributed by atoms with Crippen LogP contribution in [0.15, 0.2) is 43.0 Å². The van der Waals surface area contributed by atoms with Gasteiger partial charge in [-0.1, -0.05) is 18.7 Å². The smallest absolute Gasteiger partial charge is 0.330 e. The molecule has 0 aliphatic rings. The Morgan fingerprint density at radius 3 is 2.41 bits per heavy atom. The molecule has 22 heavy (non-hydrogen) atoms. The lowest BCUT2D eigenvalue weighted by molar-refractivity contribution is -0.138. The lowest BCUT2D eigenvalue weighted by Crippen LogP contribution is -2.03. The number of carboxylic acids is 1. The number of unbranched alkanes of at least 4 members (excludes halogenated alkanes) is 2. The van der Waals surface area contributed by atoms with Gasteiger partial charge in [-0.2, -0.15) is 0 Å². The summed E-state index contributed by atoms with van der Waals surface area (Å²) < 4.78 is 10.4. The second-order valence-corrected chi connectivity index (χ2v) is 4.52. The first-order valence-corrected chi connectivity index (χ1v) is 7.05. The SMILES string of the molecule is C=CC(=O)OCCCCCOc1ccc(C=CC(=O)O)cc1. The van der Waals surface area contributed by atoms with E-state index in [1.165, 1.54) is 6.08 Å². The van der Waals surface area contributed by atoms with Gasteiger partial charge in [0.15, 0.2) is 0 Å². The Labute approximate surface area is 129 Å². The van der Waals surface area contributed by atoms with Gasteiger partial charge in [0.25, 0.3) is 0 Å². The Hall–Kier alpha value is -2.56. The molecule has 0 heterocycles. The minimum atomic E-state index is -0.973. The van der Waals surface area contributed by atoms with Crippen LogP contribution in [0.25, 0.3) is 6.08 Å². The van der Waals surface area contributed by atoms with Crippen molar-refractivity contribution in [1.29, 1.82) is 0 Å². The Kier molecular flexibility index (Phi) is 8.12. The molecular formula is C17H20O5. The Balaban J connectivity index is 2.16. The van der Waals surface area contributed by atoms with Crippen molar-refractivity contribution in [3.63, 3.8) is 0 Å². The minimum Gasteiger partial charge on any atom is -0.494 e. The standard InChI is InChI=1S/C17H20O5/c1-2-17(20)22-13-5-3-4-12-21-15-9-6-14(7-10-15)8-11-16(18)19/h2,6-11H,1,3-5,12-13H2,(H,18,19). The fraction of sp³-hybridized carbons (Fsp3) is 0.294. The highest BCUT2D eigenvalue weighted by molar-refractivity contribution is 5.85. The summed E-state index contributed by atoms with van der Waals surface area (Å²) >= 11 is 0. The van der Waals surface area contributed by atoms with E-state index in [1.807, 2.05) is 0 Å². The molecule has 0 fully saturated rings. The summed E-state index contributed by atoms with van der Waals surface area (Å²) in [5, 5.41) is 8.53. The highest BCUT2D eigenvalue weighted by Crippen LogP contribution is 2.13. The molecule has 0 saturated carbocycles. The van der Waals surface area contributed by atoms with Crippen molar-refractivity contribution >= 4 is 18.0 Å². The fourth-order valence-electron chi connectivity index (χ4n) is 1.65. The summed E-state index contributed by atoms with van der Waals surface area (Å²) in [5.41, 5.74) is 0.804. The molecule has 5 nitrogen and oxygen atoms in total. The average molecular weight is 304 g/mol. The van der Waals surface area contributed by atoms with Crippen molar-refractivity contribution in [2.45, 2.75) is 19.3 Å². The topological polar surface area (TPSA) is 72.8 Å². The van der Waals surface area contributed by atoms with Crippen molar-refractivity contribution in [3.05, 3.63) is 48.6 Å². The van der Waals surface area contributed by atoms with Gasteiger partial charge in [0.1, 0.15) is 5.75 Å². The van der Waals surface area contributed by atoms with Gasteiger partial charge in [0, 0.05) is 12.2 Å². The summed E-state index contributed by atoms with van der Waals surface area (Å²) in [7, 11) is 0. The number of carboxylic acid groups (broad SMARTS) is 1. The maximum Gasteiger partial charge on any atom is 0.330 e. The summed E-state index contributed by atoms with van der Waals surface area (Å²) in [4.78, 5) is 21.2. The molecule has 0 amide bonds. The van der Waals surface area contributed by atoms with Gasteiger partial charge in [-0.3, -0.25) is 0 Å². The van der Waals surface area contributed by atoms with Gasteiger partial charge in [0.2, 0.25) is 0 Å². The van der Waals surface area contributed by atoms with Crippen LogP contribution in [0, 0.1) is 0 Å². The predicted molar refractivity (Wildman–Crippen MR) is 83.6 cm³/mol. The molecule has 118 valence electrons. The molecule has 1 N–H and O–H groups in total. The number of carbonyl (C=O) groups is 2. The molecule has 0 atom stereocenters. The summed E-state index contributed by atoms with van der Waals surface area (Å²) in [6, 6.07) is 7.19. The van der Waals surface area contributed by atoms with E-state index in [4.69, 9.17) is 14.6 Å². The van der Waals surface area contributed by atoms with Crippen molar-refractivity contribution < 1.29 is 24.2 Å². The normalized spacial score (nSPS) is 10.4. The molecule has 0 radical (unpaired) electrons. The maximum atomic E-state index is 10.8. The zero-order valence-electron chi connectivity index (χ0n) is 12.4. The first-order valence-electron chi connectivity index (χ1n) is 7.05. The third kappa shape index (κ3) is 7.89. The molecule has 5 heteroatoms. The van der Waals surface area contributed by atoms with Crippen molar-refractivity contribution in [1.82, 2.24) is 0 Å². The first-order chi connectivity index (χ1) is 10.6. The zero-order valence-corrected chi connectivity index (χ0v) is 12.4. The molecular weight excluding hydrogens is 284 g/mol. The van der Waals surface area contributed by atoms with Crippen LogP contribution >= 0.6 is 0 Å². The largest absolute Gasteiger partial charge is 0.494 e. The van der Waals surface area contributed by atoms with Gasteiger partial charge in [-0.15, -0.1) is 0 Å². The van der Waals surface area contributed by atoms with E-state index in [-0.39, 0.29) is 0 Å². The minimum absolute atomic E-state index is 0.395. The van der Waals surface area contributed by atoms with Gasteiger partial charge in [-0.25, -0.2) is 9.59 Å². The van der Waals surface area contributed by atoms with Gasteiger partial charge in [0.05, 0.1) is 13.2 Å². The van der Waals surface area contributed by atoms with E-state index >= 15 is 0 Å². The number of hydrogen-bond donors (Lipinski definition) is 1. The lowest BCUT2D eigenvalue weighted by Gasteiger charge is -2.06. The molecule has 0 aliphatic heterocycles. The molecule has 1 rings (SSSR count). The average Bonchev–Trinajstić information content (AvgIpc) is 2.52. The van der Waals surface area contributed by atoms with Crippen molar-refractivity contribution in [2.24, 2.45) is 0 Å². The van der Waals surface area contributed by atoms with Crippen LogP contribution in [-0.4, -0.2) is 30.3 Å².